The van der Waals surface area contributed by atoms with Crippen LogP contribution in [-0.2, 0) is 41.6 Å². The number of carbonyl (C=O) groups is 2. The van der Waals surface area contributed by atoms with E-state index in [1.165, 1.54) is 40.3 Å². The number of methoxy groups -OCH3 is 2. The lowest BCUT2D eigenvalue weighted by Gasteiger charge is -2.49. The van der Waals surface area contributed by atoms with Crippen molar-refractivity contribution in [3.63, 3.8) is 0 Å². The van der Waals surface area contributed by atoms with E-state index in [2.05, 4.69) is 10.4 Å². The number of hydrogen-bond acceptors (Lipinski definition) is 10. The number of imide groups is 1. The van der Waals surface area contributed by atoms with Crippen molar-refractivity contribution < 1.29 is 24.2 Å². The Balaban J connectivity index is 1.16. The summed E-state index contributed by atoms with van der Waals surface area (Å²) >= 11 is 6.96. The molecule has 4 aromatic carbocycles. The summed E-state index contributed by atoms with van der Waals surface area (Å²) in [6.45, 7) is 1.74. The van der Waals surface area contributed by atoms with Gasteiger partial charge in [-0.15, -0.1) is 0 Å². The van der Waals surface area contributed by atoms with E-state index in [-0.39, 0.29) is 42.4 Å². The first kappa shape index (κ1) is 38.6. The second-order valence-corrected chi connectivity index (χ2v) is 15.8. The van der Waals surface area contributed by atoms with Gasteiger partial charge in [0, 0.05) is 43.1 Å². The third-order valence-corrected chi connectivity index (χ3v) is 12.6. The van der Waals surface area contributed by atoms with Gasteiger partial charge in [0.2, 0.25) is 0 Å². The zero-order chi connectivity index (χ0) is 42.2. The average molecular weight is 830 g/mol. The molecule has 0 bridgehead atoms. The Labute approximate surface area is 347 Å². The minimum Gasteiger partial charge on any atom is -0.508 e. The predicted molar refractivity (Wildman–Crippen MR) is 223 cm³/mol. The quantitative estimate of drug-likeness (QED) is 0.155. The van der Waals surface area contributed by atoms with Gasteiger partial charge in [0.25, 0.3) is 17.4 Å². The third-order valence-electron chi connectivity index (χ3n) is 12.3. The van der Waals surface area contributed by atoms with E-state index in [4.69, 9.17) is 21.1 Å². The molecule has 9 rings (SSSR count). The number of allylic oxidation sites excluding steroid dienone is 2. The van der Waals surface area contributed by atoms with Gasteiger partial charge in [0.05, 0.1) is 54.9 Å². The van der Waals surface area contributed by atoms with Crippen molar-refractivity contribution in [3.8, 4) is 17.2 Å². The van der Waals surface area contributed by atoms with E-state index < -0.39 is 52.0 Å². The molecule has 2 fully saturated rings. The number of rotatable bonds is 9. The Hall–Kier alpha value is -6.87. The molecule has 0 spiro atoms. The maximum absolute atomic E-state index is 15.3. The fourth-order valence-electron chi connectivity index (χ4n) is 9.43. The van der Waals surface area contributed by atoms with Crippen LogP contribution in [0.5, 0.6) is 17.2 Å². The van der Waals surface area contributed by atoms with E-state index >= 15 is 4.79 Å². The van der Waals surface area contributed by atoms with Crippen molar-refractivity contribution in [2.24, 2.45) is 13.0 Å². The van der Waals surface area contributed by atoms with Gasteiger partial charge < -0.3 is 19.1 Å². The largest absolute Gasteiger partial charge is 0.508 e. The van der Waals surface area contributed by atoms with Crippen molar-refractivity contribution in [2.45, 2.75) is 50.2 Å². The lowest BCUT2D eigenvalue weighted by Crippen LogP contribution is -2.53. The molecule has 306 valence electrons. The van der Waals surface area contributed by atoms with Crippen LogP contribution in [0.4, 0.5) is 5.69 Å². The SMILES string of the molecule is COc1cc2nc(CCn3c(=O)n4n(c3=O)C3CC5C(=O)N(Nc6ccc(C)cc6)C(=O)C5(c5ccccc5)C(c5ccc(O)cc5Cl)C3=CC4)c(=O)n(C)c2cc1OC. The molecule has 0 radical (unpaired) electrons. The van der Waals surface area contributed by atoms with Gasteiger partial charge in [-0.3, -0.25) is 19.8 Å². The number of aryl methyl sites for hydroxylation is 3. The highest BCUT2D eigenvalue weighted by atomic mass is 35.5. The van der Waals surface area contributed by atoms with Crippen LogP contribution in [0.3, 0.4) is 0 Å². The number of halogens is 1. The predicted octanol–water partition coefficient (Wildman–Crippen LogP) is 4.60. The summed E-state index contributed by atoms with van der Waals surface area (Å²) < 4.78 is 16.1. The molecule has 6 aromatic rings. The number of fused-ring (bicyclic) bond motifs is 5. The van der Waals surface area contributed by atoms with E-state index in [1.54, 1.807) is 49.5 Å². The highest BCUT2D eigenvalue weighted by Crippen LogP contribution is 2.62. The molecule has 2 aromatic heterocycles. The highest BCUT2D eigenvalue weighted by Gasteiger charge is 2.69. The van der Waals surface area contributed by atoms with Gasteiger partial charge in [-0.05, 0) is 54.3 Å². The van der Waals surface area contributed by atoms with Crippen LogP contribution in [0, 0.1) is 12.8 Å². The van der Waals surface area contributed by atoms with Crippen molar-refractivity contribution in [1.82, 2.24) is 28.5 Å². The minimum atomic E-state index is -1.55. The molecule has 1 saturated carbocycles. The standard InChI is InChI=1S/C44H40ClN7O8/c1-24-10-12-26(13-11-24)47-51-39(54)30-21-34-29(38(28-15-14-27(53)20-31(28)45)44(30,41(51)56)25-8-6-5-7-9-25)16-19-50-42(57)49(43(58)52(34)50)18-17-32-40(55)48(2)35-23-37(60-4)36(59-3)22-33(35)46-32/h5-16,20,22-23,30,34,38,47,53H,17-19,21H2,1-4H3. The van der Waals surface area contributed by atoms with Crippen molar-refractivity contribution in [2.75, 3.05) is 19.6 Å². The summed E-state index contributed by atoms with van der Waals surface area (Å²) in [5, 5.41) is 11.7. The molecule has 60 heavy (non-hydrogen) atoms. The fourth-order valence-corrected chi connectivity index (χ4v) is 9.72. The summed E-state index contributed by atoms with van der Waals surface area (Å²) in [6.07, 6.45) is 1.78. The van der Waals surface area contributed by atoms with Crippen molar-refractivity contribution in [1.29, 1.82) is 0 Å². The number of aromatic nitrogens is 5. The first-order chi connectivity index (χ1) is 28.9. The summed E-state index contributed by atoms with van der Waals surface area (Å²) in [4.78, 5) is 77.1. The van der Waals surface area contributed by atoms with Crippen molar-refractivity contribution >= 4 is 40.1 Å². The van der Waals surface area contributed by atoms with E-state index in [0.29, 0.717) is 44.9 Å². The number of phenols is 1. The summed E-state index contributed by atoms with van der Waals surface area (Å²) in [7, 11) is 4.60. The summed E-state index contributed by atoms with van der Waals surface area (Å²) in [5.41, 5.74) is 4.16. The molecule has 4 unspecified atom stereocenters. The number of ether oxygens (including phenoxy) is 2. The molecule has 3 aliphatic rings. The smallest absolute Gasteiger partial charge is 0.347 e. The van der Waals surface area contributed by atoms with E-state index in [9.17, 15) is 24.3 Å². The third kappa shape index (κ3) is 5.70. The second kappa shape index (κ2) is 14.4. The Morgan fingerprint density at radius 3 is 2.33 bits per heavy atom. The van der Waals surface area contributed by atoms with Gasteiger partial charge in [0.15, 0.2) is 11.5 Å². The molecular formula is C44H40ClN7O8. The van der Waals surface area contributed by atoms with Gasteiger partial charge in [0.1, 0.15) is 11.4 Å². The molecule has 1 saturated heterocycles. The molecule has 2 N–H and O–H groups in total. The van der Waals surface area contributed by atoms with Crippen molar-refractivity contribution in [3.05, 3.63) is 155 Å². The number of amides is 2. The molecular weight excluding hydrogens is 790 g/mol. The topological polar surface area (TPSA) is 172 Å². The van der Waals surface area contributed by atoms with Crippen LogP contribution in [-0.4, -0.2) is 59.6 Å². The van der Waals surface area contributed by atoms with Gasteiger partial charge in [-0.25, -0.2) is 28.5 Å². The first-order valence-corrected chi connectivity index (χ1v) is 19.8. The summed E-state index contributed by atoms with van der Waals surface area (Å²) in [5.74, 6) is -2.22. The molecule has 2 amide bonds. The maximum atomic E-state index is 15.3. The van der Waals surface area contributed by atoms with Crippen LogP contribution < -0.4 is 31.8 Å². The minimum absolute atomic E-state index is 0.00892. The van der Waals surface area contributed by atoms with E-state index in [1.807, 2.05) is 43.3 Å². The zero-order valence-corrected chi connectivity index (χ0v) is 33.8. The number of nitrogens with zero attached hydrogens (tertiary/aromatic N) is 6. The average Bonchev–Trinajstić information content (AvgIpc) is 3.62. The normalized spacial score (nSPS) is 20.7. The Morgan fingerprint density at radius 2 is 1.63 bits per heavy atom. The van der Waals surface area contributed by atoms with Crippen LogP contribution in [0.1, 0.15) is 40.8 Å². The monoisotopic (exact) mass is 829 g/mol. The summed E-state index contributed by atoms with van der Waals surface area (Å²) in [6, 6.07) is 23.3. The molecule has 4 atom stereocenters. The molecule has 1 aliphatic carbocycles. The lowest BCUT2D eigenvalue weighted by molar-refractivity contribution is -0.138. The second-order valence-electron chi connectivity index (χ2n) is 15.4. The van der Waals surface area contributed by atoms with Gasteiger partial charge in [-0.2, -0.15) is 5.01 Å². The Morgan fingerprint density at radius 1 is 0.917 bits per heavy atom. The number of aromatic hydroxyl groups is 1. The number of phenolic OH excluding ortho intramolecular Hbond substituents is 1. The molecule has 16 heteroatoms. The zero-order valence-electron chi connectivity index (χ0n) is 33.1. The Bertz CT molecular complexity index is 2970. The maximum Gasteiger partial charge on any atom is 0.347 e. The van der Waals surface area contributed by atoms with Gasteiger partial charge >= 0.3 is 11.4 Å². The Kier molecular flexibility index (Phi) is 9.30. The van der Waals surface area contributed by atoms with Crippen LogP contribution in [0.2, 0.25) is 5.02 Å². The number of anilines is 1. The van der Waals surface area contributed by atoms with Gasteiger partial charge in [-0.1, -0.05) is 71.8 Å². The molecule has 2 aliphatic heterocycles. The van der Waals surface area contributed by atoms with Crippen LogP contribution in [0.25, 0.3) is 11.0 Å². The van der Waals surface area contributed by atoms with E-state index in [0.717, 1.165) is 15.1 Å². The number of hydrogen-bond donors (Lipinski definition) is 2. The van der Waals surface area contributed by atoms with Crippen LogP contribution >= 0.6 is 11.6 Å². The van der Waals surface area contributed by atoms with Crippen LogP contribution in [0.15, 0.2) is 111 Å². The number of nitrogens with one attached hydrogen (secondary N) is 1. The molecule has 4 heterocycles. The fraction of sp³-hybridized carbons (Fsp3) is 0.273. The highest BCUT2D eigenvalue weighted by molar-refractivity contribution is 6.31. The number of carbonyl (C=O) groups excluding carboxylic acids is 2. The number of benzene rings is 4. The lowest BCUT2D eigenvalue weighted by atomic mass is 9.53. The first-order valence-electron chi connectivity index (χ1n) is 19.4. The number of hydrazine groups is 1. The molecule has 15 nitrogen and oxygen atoms in total.